The number of piperidine rings is 2. The van der Waals surface area contributed by atoms with Gasteiger partial charge in [0.2, 0.25) is 0 Å². The molecule has 1 aromatic carbocycles. The highest BCUT2D eigenvalue weighted by molar-refractivity contribution is 6.43. The van der Waals surface area contributed by atoms with E-state index in [1.165, 1.54) is 0 Å². The minimum Gasteiger partial charge on any atom is -0.435 e. The number of hydrogen-bond donors (Lipinski definition) is 2. The van der Waals surface area contributed by atoms with E-state index >= 15 is 0 Å². The molecule has 4 nitrogen and oxygen atoms in total. The van der Waals surface area contributed by atoms with Gasteiger partial charge in [0, 0.05) is 18.9 Å². The van der Waals surface area contributed by atoms with Crippen LogP contribution in [0.2, 0.25) is 10.0 Å². The number of nitrogens with zero attached hydrogens (tertiary/aromatic N) is 1. The van der Waals surface area contributed by atoms with Crippen LogP contribution >= 0.6 is 23.2 Å². The zero-order chi connectivity index (χ0) is 15.8. The Morgan fingerprint density at radius 2 is 1.77 bits per heavy atom. The summed E-state index contributed by atoms with van der Waals surface area (Å²) in [6.07, 6.45) is 3.27. The first-order valence-electron chi connectivity index (χ1n) is 7.75. The molecule has 0 saturated carbocycles. The van der Waals surface area contributed by atoms with Gasteiger partial charge < -0.3 is 10.4 Å². The molecule has 1 aromatic rings. The minimum absolute atomic E-state index is 0.103. The van der Waals surface area contributed by atoms with E-state index in [0.29, 0.717) is 34.2 Å². The predicted octanol–water partition coefficient (Wildman–Crippen LogP) is 4.14. The normalized spacial score (nSPS) is 23.4. The number of likely N-dealkylation sites (tertiary alicyclic amines) is 1. The van der Waals surface area contributed by atoms with E-state index in [2.05, 4.69) is 5.32 Å². The summed E-state index contributed by atoms with van der Waals surface area (Å²) in [4.78, 5) is 12.1. The summed E-state index contributed by atoms with van der Waals surface area (Å²) in [5, 5.41) is 14.1. The average molecular weight is 344 g/mol. The largest absolute Gasteiger partial charge is 0.518 e. The third-order valence-corrected chi connectivity index (χ3v) is 6.28. The molecule has 22 heavy (non-hydrogen) atoms. The van der Waals surface area contributed by atoms with E-state index < -0.39 is 6.09 Å². The Balaban J connectivity index is 1.92. The van der Waals surface area contributed by atoms with Crippen molar-refractivity contribution in [3.8, 4) is 0 Å². The Kier molecular flexibility index (Phi) is 4.38. The van der Waals surface area contributed by atoms with E-state index in [9.17, 15) is 9.90 Å². The van der Waals surface area contributed by atoms with Crippen LogP contribution in [0.5, 0.6) is 0 Å². The molecule has 2 aliphatic rings. The highest BCUT2D eigenvalue weighted by Crippen LogP contribution is 2.46. The number of amides is 1. The Bertz CT molecular complexity index is 576. The van der Waals surface area contributed by atoms with E-state index in [1.54, 1.807) is 18.2 Å². The molecule has 2 fully saturated rings. The fourth-order valence-corrected chi connectivity index (χ4v) is 4.37. The molecule has 0 bridgehead atoms. The fraction of sp³-hybridized carbons (Fsp3) is 0.562. The zero-order valence-electron chi connectivity index (χ0n) is 12.4. The Morgan fingerprint density at radius 3 is 2.36 bits per heavy atom. The standard InChI is InChI=1S/C16H20Cl2N2O2/c17-12-2-1-3-13(14(12)18)20(15(21)22)10-6-16(7-11-20)4-8-19-9-5-16/h1-3,19H,4-11H2/p+1. The maximum absolute atomic E-state index is 12.1. The smallest absolute Gasteiger partial charge is 0.435 e. The second-order valence-electron chi connectivity index (χ2n) is 6.52. The molecule has 6 heteroatoms. The minimum atomic E-state index is -0.840. The van der Waals surface area contributed by atoms with E-state index in [0.717, 1.165) is 38.8 Å². The lowest BCUT2D eigenvalue weighted by Gasteiger charge is -2.46. The van der Waals surface area contributed by atoms with Crippen LogP contribution in [0.4, 0.5) is 10.5 Å². The molecule has 1 amide bonds. The fourth-order valence-electron chi connectivity index (χ4n) is 3.91. The molecule has 0 atom stereocenters. The van der Waals surface area contributed by atoms with Crippen LogP contribution in [0.15, 0.2) is 18.2 Å². The van der Waals surface area contributed by atoms with Gasteiger partial charge in [-0.1, -0.05) is 29.3 Å². The molecule has 0 radical (unpaired) electrons. The summed E-state index contributed by atoms with van der Waals surface area (Å²) in [5.74, 6) is 0. The van der Waals surface area contributed by atoms with Crippen LogP contribution in [-0.2, 0) is 0 Å². The van der Waals surface area contributed by atoms with Gasteiger partial charge in [0.05, 0.1) is 18.1 Å². The predicted molar refractivity (Wildman–Crippen MR) is 89.8 cm³/mol. The molecule has 0 unspecified atom stereocenters. The van der Waals surface area contributed by atoms with Crippen molar-refractivity contribution in [2.24, 2.45) is 5.41 Å². The number of hydrogen-bond acceptors (Lipinski definition) is 2. The van der Waals surface area contributed by atoms with Gasteiger partial charge in [-0.05, 0) is 37.4 Å². The van der Waals surface area contributed by atoms with Gasteiger partial charge in [0.15, 0.2) is 5.69 Å². The lowest BCUT2D eigenvalue weighted by molar-refractivity contribution is 0.0713. The molecule has 2 saturated heterocycles. The van der Waals surface area contributed by atoms with Crippen molar-refractivity contribution in [1.82, 2.24) is 9.80 Å². The topological polar surface area (TPSA) is 49.3 Å². The Hall–Kier alpha value is -0.810. The number of rotatable bonds is 1. The monoisotopic (exact) mass is 343 g/mol. The quantitative estimate of drug-likeness (QED) is 0.753. The molecular weight excluding hydrogens is 323 g/mol. The molecule has 2 heterocycles. The van der Waals surface area contributed by atoms with Crippen molar-refractivity contribution in [1.29, 1.82) is 0 Å². The SMILES string of the molecule is O=C(O)[N+]1(c2cccc(Cl)c2Cl)CCC2(CCNCC2)CC1. The molecule has 3 rings (SSSR count). The number of halogens is 2. The zero-order valence-corrected chi connectivity index (χ0v) is 14.0. The van der Waals surface area contributed by atoms with Gasteiger partial charge in [-0.3, -0.25) is 0 Å². The summed E-state index contributed by atoms with van der Waals surface area (Å²) < 4.78 is -0.103. The maximum Gasteiger partial charge on any atom is 0.518 e. The molecular formula is C16H21Cl2N2O2+. The van der Waals surface area contributed by atoms with E-state index in [4.69, 9.17) is 23.2 Å². The second-order valence-corrected chi connectivity index (χ2v) is 7.31. The molecule has 2 N–H and O–H groups in total. The summed E-state index contributed by atoms with van der Waals surface area (Å²) in [5.41, 5.74) is 0.915. The van der Waals surface area contributed by atoms with Crippen LogP contribution in [0, 0.1) is 5.41 Å². The van der Waals surface area contributed by atoms with Crippen LogP contribution in [0.1, 0.15) is 25.7 Å². The second kappa shape index (κ2) is 6.00. The Morgan fingerprint density at radius 1 is 1.14 bits per heavy atom. The van der Waals surface area contributed by atoms with E-state index in [-0.39, 0.29) is 4.48 Å². The first-order chi connectivity index (χ1) is 10.5. The third kappa shape index (κ3) is 2.62. The number of quaternary nitrogens is 1. The van der Waals surface area contributed by atoms with Gasteiger partial charge >= 0.3 is 6.09 Å². The molecule has 0 aliphatic carbocycles. The summed E-state index contributed by atoms with van der Waals surface area (Å²) in [6.45, 7) is 3.22. The molecule has 0 aromatic heterocycles. The first kappa shape index (κ1) is 16.1. The highest BCUT2D eigenvalue weighted by atomic mass is 35.5. The first-order valence-corrected chi connectivity index (χ1v) is 8.51. The van der Waals surface area contributed by atoms with Crippen molar-refractivity contribution in [2.75, 3.05) is 26.2 Å². The van der Waals surface area contributed by atoms with Crippen LogP contribution in [0.25, 0.3) is 0 Å². The summed E-state index contributed by atoms with van der Waals surface area (Å²) >= 11 is 12.4. The number of carboxylic acid groups (broad SMARTS) is 1. The Labute approximate surface area is 140 Å². The van der Waals surface area contributed by atoms with Gasteiger partial charge in [-0.25, -0.2) is 0 Å². The summed E-state index contributed by atoms with van der Waals surface area (Å²) in [6, 6.07) is 5.27. The van der Waals surface area contributed by atoms with Crippen molar-refractivity contribution < 1.29 is 9.90 Å². The molecule has 2 aliphatic heterocycles. The van der Waals surface area contributed by atoms with Crippen molar-refractivity contribution in [3.05, 3.63) is 28.2 Å². The van der Waals surface area contributed by atoms with Crippen LogP contribution in [-0.4, -0.2) is 37.4 Å². The number of carbonyl (C=O) groups is 1. The maximum atomic E-state index is 12.1. The number of nitrogens with one attached hydrogen (secondary N) is 1. The highest BCUT2D eigenvalue weighted by Gasteiger charge is 2.49. The molecule has 120 valence electrons. The van der Waals surface area contributed by atoms with Gasteiger partial charge in [-0.2, -0.15) is 9.28 Å². The van der Waals surface area contributed by atoms with Crippen LogP contribution < -0.4 is 9.80 Å². The lowest BCUT2D eigenvalue weighted by Crippen LogP contribution is -2.61. The summed E-state index contributed by atoms with van der Waals surface area (Å²) in [7, 11) is 0. The van der Waals surface area contributed by atoms with Gasteiger partial charge in [0.1, 0.15) is 5.02 Å². The van der Waals surface area contributed by atoms with Crippen molar-refractivity contribution in [2.45, 2.75) is 25.7 Å². The van der Waals surface area contributed by atoms with Gasteiger partial charge in [-0.15, -0.1) is 0 Å². The number of benzene rings is 1. The third-order valence-electron chi connectivity index (χ3n) is 5.47. The van der Waals surface area contributed by atoms with E-state index in [1.807, 2.05) is 0 Å². The molecule has 1 spiro atoms. The van der Waals surface area contributed by atoms with Crippen molar-refractivity contribution >= 4 is 35.0 Å². The average Bonchev–Trinajstić information content (AvgIpc) is 2.52. The van der Waals surface area contributed by atoms with Crippen molar-refractivity contribution in [3.63, 3.8) is 0 Å². The van der Waals surface area contributed by atoms with Crippen LogP contribution in [0.3, 0.4) is 0 Å². The van der Waals surface area contributed by atoms with Gasteiger partial charge in [0.25, 0.3) is 0 Å². The lowest BCUT2D eigenvalue weighted by atomic mass is 9.71.